The van der Waals surface area contributed by atoms with Crippen LogP contribution in [0, 0.1) is 18.3 Å². The van der Waals surface area contributed by atoms with Crippen LogP contribution < -0.4 is 0 Å². The van der Waals surface area contributed by atoms with Gasteiger partial charge in [-0.15, -0.1) is 0 Å². The molecule has 0 saturated carbocycles. The van der Waals surface area contributed by atoms with E-state index >= 15 is 0 Å². The molecule has 2 heteroatoms. The first-order chi connectivity index (χ1) is 8.51. The van der Waals surface area contributed by atoms with Crippen molar-refractivity contribution in [2.45, 2.75) is 34.1 Å². The second-order valence-corrected chi connectivity index (χ2v) is 5.93. The molecule has 2 aromatic rings. The summed E-state index contributed by atoms with van der Waals surface area (Å²) < 4.78 is 2.33. The van der Waals surface area contributed by atoms with Crippen LogP contribution in [-0.2, 0) is 0 Å². The van der Waals surface area contributed by atoms with Crippen molar-refractivity contribution in [1.82, 2.24) is 9.55 Å². The highest BCUT2D eigenvalue weighted by Crippen LogP contribution is 2.46. The number of fused-ring (bicyclic) bond motifs is 1. The quantitative estimate of drug-likeness (QED) is 0.728. The molecule has 1 unspecified atom stereocenters. The first-order valence-corrected chi connectivity index (χ1v) is 6.67. The van der Waals surface area contributed by atoms with E-state index in [9.17, 15) is 0 Å². The van der Waals surface area contributed by atoms with Crippen molar-refractivity contribution in [2.75, 3.05) is 0 Å². The van der Waals surface area contributed by atoms with E-state index in [0.717, 1.165) is 17.8 Å². The Morgan fingerprint density at radius 1 is 1.28 bits per heavy atom. The number of allylic oxidation sites excluding steroid dienone is 2. The van der Waals surface area contributed by atoms with E-state index in [1.807, 2.05) is 0 Å². The van der Waals surface area contributed by atoms with E-state index in [-0.39, 0.29) is 5.41 Å². The van der Waals surface area contributed by atoms with E-state index in [4.69, 9.17) is 0 Å². The molecular formula is C16H20N2. The zero-order chi connectivity index (χ0) is 12.9. The van der Waals surface area contributed by atoms with Crippen molar-refractivity contribution in [2.24, 2.45) is 11.3 Å². The minimum absolute atomic E-state index is 0.216. The molecule has 18 heavy (non-hydrogen) atoms. The zero-order valence-electron chi connectivity index (χ0n) is 11.6. The minimum atomic E-state index is 0.216. The lowest BCUT2D eigenvalue weighted by atomic mass is 9.81. The fourth-order valence-corrected chi connectivity index (χ4v) is 2.93. The third-order valence-electron chi connectivity index (χ3n) is 4.53. The maximum Gasteiger partial charge on any atom is 0.111 e. The summed E-state index contributed by atoms with van der Waals surface area (Å²) in [5, 5.41) is 0. The molecule has 2 nitrogen and oxygen atoms in total. The molecule has 1 atom stereocenters. The van der Waals surface area contributed by atoms with Crippen molar-refractivity contribution in [3.63, 3.8) is 0 Å². The third kappa shape index (κ3) is 1.45. The molecule has 1 aliphatic rings. The summed E-state index contributed by atoms with van der Waals surface area (Å²) in [5.41, 5.74) is 3.93. The first kappa shape index (κ1) is 11.5. The molecule has 0 saturated heterocycles. The Bertz CT molecular complexity index is 632. The van der Waals surface area contributed by atoms with Crippen LogP contribution in [-0.4, -0.2) is 9.55 Å². The summed E-state index contributed by atoms with van der Waals surface area (Å²) in [6.07, 6.45) is 3.54. The van der Waals surface area contributed by atoms with Gasteiger partial charge in [-0.1, -0.05) is 39.0 Å². The number of hydrogen-bond donors (Lipinski definition) is 0. The van der Waals surface area contributed by atoms with Gasteiger partial charge in [0, 0.05) is 11.1 Å². The first-order valence-electron chi connectivity index (χ1n) is 6.67. The number of benzene rings is 1. The number of imidazole rings is 1. The van der Waals surface area contributed by atoms with Crippen LogP contribution in [0.1, 0.15) is 33.0 Å². The normalized spacial score (nSPS) is 22.4. The van der Waals surface area contributed by atoms with Gasteiger partial charge in [0.25, 0.3) is 0 Å². The Labute approximate surface area is 108 Å². The SMILES string of the molecule is Cc1nc2ccccc2n1C1=CCC(C)C1(C)C. The molecule has 0 aliphatic heterocycles. The summed E-state index contributed by atoms with van der Waals surface area (Å²) in [7, 11) is 0. The van der Waals surface area contributed by atoms with Crippen LogP contribution >= 0.6 is 0 Å². The summed E-state index contributed by atoms with van der Waals surface area (Å²) in [5.74, 6) is 1.78. The van der Waals surface area contributed by atoms with Gasteiger partial charge in [-0.25, -0.2) is 4.98 Å². The number of aromatic nitrogens is 2. The van der Waals surface area contributed by atoms with Crippen molar-refractivity contribution in [1.29, 1.82) is 0 Å². The van der Waals surface area contributed by atoms with Crippen molar-refractivity contribution in [3.8, 4) is 0 Å². The lowest BCUT2D eigenvalue weighted by Gasteiger charge is -2.29. The van der Waals surface area contributed by atoms with E-state index in [1.54, 1.807) is 0 Å². The Kier molecular flexibility index (Phi) is 2.37. The van der Waals surface area contributed by atoms with E-state index < -0.39 is 0 Å². The smallest absolute Gasteiger partial charge is 0.111 e. The molecule has 0 N–H and O–H groups in total. The Hall–Kier alpha value is -1.57. The number of aryl methyl sites for hydroxylation is 1. The molecule has 0 bridgehead atoms. The molecule has 1 aromatic carbocycles. The molecule has 94 valence electrons. The lowest BCUT2D eigenvalue weighted by molar-refractivity contribution is 0.338. The van der Waals surface area contributed by atoms with Crippen LogP contribution in [0.3, 0.4) is 0 Å². The zero-order valence-corrected chi connectivity index (χ0v) is 11.6. The molecule has 0 amide bonds. The van der Waals surface area contributed by atoms with E-state index in [0.29, 0.717) is 5.92 Å². The van der Waals surface area contributed by atoms with Crippen molar-refractivity contribution >= 4 is 16.7 Å². The summed E-state index contributed by atoms with van der Waals surface area (Å²) in [6, 6.07) is 8.39. The van der Waals surface area contributed by atoms with Crippen molar-refractivity contribution in [3.05, 3.63) is 36.2 Å². The van der Waals surface area contributed by atoms with Crippen molar-refractivity contribution < 1.29 is 0 Å². The van der Waals surface area contributed by atoms with E-state index in [1.165, 1.54) is 11.2 Å². The second-order valence-electron chi connectivity index (χ2n) is 5.93. The van der Waals surface area contributed by atoms with Crippen LogP contribution in [0.25, 0.3) is 16.7 Å². The second kappa shape index (κ2) is 3.71. The monoisotopic (exact) mass is 240 g/mol. The maximum absolute atomic E-state index is 4.67. The predicted octanol–water partition coefficient (Wildman–Crippen LogP) is 4.25. The van der Waals surface area contributed by atoms with E-state index in [2.05, 4.69) is 67.6 Å². The van der Waals surface area contributed by atoms with Gasteiger partial charge in [0.15, 0.2) is 0 Å². The van der Waals surface area contributed by atoms with Crippen LogP contribution in [0.15, 0.2) is 30.3 Å². The van der Waals surface area contributed by atoms with Crippen LogP contribution in [0.5, 0.6) is 0 Å². The maximum atomic E-state index is 4.67. The highest BCUT2D eigenvalue weighted by Gasteiger charge is 2.36. The minimum Gasteiger partial charge on any atom is -0.300 e. The third-order valence-corrected chi connectivity index (χ3v) is 4.53. The number of rotatable bonds is 1. The van der Waals surface area contributed by atoms with Gasteiger partial charge >= 0.3 is 0 Å². The Balaban J connectivity index is 2.24. The van der Waals surface area contributed by atoms with Crippen LogP contribution in [0.4, 0.5) is 0 Å². The molecule has 0 spiro atoms. The summed E-state index contributed by atoms with van der Waals surface area (Å²) in [4.78, 5) is 4.67. The van der Waals surface area contributed by atoms with Gasteiger partial charge in [0.1, 0.15) is 5.82 Å². The summed E-state index contributed by atoms with van der Waals surface area (Å²) in [6.45, 7) is 9.10. The van der Waals surface area contributed by atoms with Gasteiger partial charge in [0.05, 0.1) is 11.0 Å². The lowest BCUT2D eigenvalue weighted by Crippen LogP contribution is -2.21. The average molecular weight is 240 g/mol. The number of hydrogen-bond acceptors (Lipinski definition) is 1. The molecule has 3 rings (SSSR count). The Morgan fingerprint density at radius 3 is 2.67 bits per heavy atom. The highest BCUT2D eigenvalue weighted by atomic mass is 15.1. The number of nitrogens with zero attached hydrogens (tertiary/aromatic N) is 2. The average Bonchev–Trinajstić information content (AvgIpc) is 2.77. The molecular weight excluding hydrogens is 220 g/mol. The Morgan fingerprint density at radius 2 is 2.00 bits per heavy atom. The fourth-order valence-electron chi connectivity index (χ4n) is 2.93. The van der Waals surface area contributed by atoms with Gasteiger partial charge in [-0.2, -0.15) is 0 Å². The number of para-hydroxylation sites is 2. The van der Waals surface area contributed by atoms with Gasteiger partial charge in [0.2, 0.25) is 0 Å². The summed E-state index contributed by atoms with van der Waals surface area (Å²) >= 11 is 0. The molecule has 1 heterocycles. The van der Waals surface area contributed by atoms with Gasteiger partial charge in [-0.05, 0) is 31.4 Å². The van der Waals surface area contributed by atoms with Gasteiger partial charge in [-0.3, -0.25) is 0 Å². The topological polar surface area (TPSA) is 17.8 Å². The molecule has 1 aliphatic carbocycles. The highest BCUT2D eigenvalue weighted by molar-refractivity contribution is 5.81. The van der Waals surface area contributed by atoms with Crippen LogP contribution in [0.2, 0.25) is 0 Å². The largest absolute Gasteiger partial charge is 0.300 e. The molecule has 0 radical (unpaired) electrons. The standard InChI is InChI=1S/C16H20N2/c1-11-9-10-15(16(11,3)4)18-12(2)17-13-7-5-6-8-14(13)18/h5-8,10-11H,9H2,1-4H3. The fraction of sp³-hybridized carbons (Fsp3) is 0.438. The van der Waals surface area contributed by atoms with Gasteiger partial charge < -0.3 is 4.57 Å². The molecule has 0 fully saturated rings. The molecule has 1 aromatic heterocycles. The predicted molar refractivity (Wildman–Crippen MR) is 76.3 cm³/mol.